The molecule has 0 spiro atoms. The second kappa shape index (κ2) is 10.3. The number of esters is 1. The number of nitrogens with zero attached hydrogens (tertiary/aromatic N) is 3. The van der Waals surface area contributed by atoms with Crippen molar-refractivity contribution in [1.82, 2.24) is 20.3 Å². The van der Waals surface area contributed by atoms with E-state index in [1.54, 1.807) is 53.8 Å². The molecule has 3 rings (SSSR count). The zero-order chi connectivity index (χ0) is 26.8. The van der Waals surface area contributed by atoms with E-state index in [9.17, 15) is 14.4 Å². The van der Waals surface area contributed by atoms with Gasteiger partial charge in [0.15, 0.2) is 5.69 Å². The molecule has 13 heteroatoms. The molecule has 0 radical (unpaired) electrons. The highest BCUT2D eigenvalue weighted by Crippen LogP contribution is 2.31. The molecule has 194 valence electrons. The van der Waals surface area contributed by atoms with E-state index in [4.69, 9.17) is 19.0 Å². The van der Waals surface area contributed by atoms with E-state index < -0.39 is 35.3 Å². The molecule has 0 saturated heterocycles. The number of thiazole rings is 2. The Morgan fingerprint density at radius 1 is 1.03 bits per heavy atom. The average Bonchev–Trinajstić information content (AvgIpc) is 3.43. The van der Waals surface area contributed by atoms with Crippen LogP contribution in [0.25, 0.3) is 22.3 Å². The van der Waals surface area contributed by atoms with Crippen LogP contribution in [0.15, 0.2) is 15.2 Å². The number of amides is 1. The summed E-state index contributed by atoms with van der Waals surface area (Å²) in [5.74, 6) is -1.05. The third-order valence-corrected chi connectivity index (χ3v) is 5.97. The predicted octanol–water partition coefficient (Wildman–Crippen LogP) is 4.71. The standard InChI is InChI=1S/C23H28N4O7S2/c1-11-16(18-25-14(10-36-18)19(28)29)27-17(32-11)13-9-35-15(24-13)8-12(20(30)33-22(2,3)4)26-21(31)34-23(5,6)7/h9-10,12H,8H2,1-7H3,(H,26,31)(H,28,29). The van der Waals surface area contributed by atoms with E-state index in [1.807, 2.05) is 0 Å². The molecule has 11 nitrogen and oxygen atoms in total. The van der Waals surface area contributed by atoms with Crippen LogP contribution in [0.5, 0.6) is 0 Å². The van der Waals surface area contributed by atoms with Crippen LogP contribution in [0.4, 0.5) is 4.79 Å². The molecule has 1 atom stereocenters. The summed E-state index contributed by atoms with van der Waals surface area (Å²) in [4.78, 5) is 49.3. The molecule has 0 aliphatic heterocycles. The molecule has 1 amide bonds. The van der Waals surface area contributed by atoms with E-state index >= 15 is 0 Å². The Morgan fingerprint density at radius 3 is 2.28 bits per heavy atom. The highest BCUT2D eigenvalue weighted by atomic mass is 32.1. The third-order valence-electron chi connectivity index (χ3n) is 4.25. The van der Waals surface area contributed by atoms with Gasteiger partial charge in [-0.05, 0) is 48.5 Å². The summed E-state index contributed by atoms with van der Waals surface area (Å²) in [6.07, 6.45) is -0.674. The normalized spacial score (nSPS) is 12.8. The van der Waals surface area contributed by atoms with Crippen molar-refractivity contribution in [2.75, 3.05) is 0 Å². The molecule has 3 heterocycles. The lowest BCUT2D eigenvalue weighted by Crippen LogP contribution is -2.47. The lowest BCUT2D eigenvalue weighted by molar-refractivity contribution is -0.157. The number of carbonyl (C=O) groups is 3. The minimum atomic E-state index is -1.12. The molecular weight excluding hydrogens is 508 g/mol. The van der Waals surface area contributed by atoms with E-state index in [0.717, 1.165) is 11.3 Å². The lowest BCUT2D eigenvalue weighted by Gasteiger charge is -2.25. The number of rotatable bonds is 7. The van der Waals surface area contributed by atoms with Crippen LogP contribution in [0, 0.1) is 6.92 Å². The van der Waals surface area contributed by atoms with Gasteiger partial charge in [-0.1, -0.05) is 0 Å². The zero-order valence-electron chi connectivity index (χ0n) is 21.0. The minimum Gasteiger partial charge on any atom is -0.476 e. The summed E-state index contributed by atoms with van der Waals surface area (Å²) >= 11 is 2.41. The van der Waals surface area contributed by atoms with Crippen LogP contribution in [0.1, 0.15) is 62.8 Å². The molecule has 0 fully saturated rings. The molecule has 2 N–H and O–H groups in total. The van der Waals surface area contributed by atoms with Gasteiger partial charge in [-0.2, -0.15) is 0 Å². The van der Waals surface area contributed by atoms with Gasteiger partial charge in [-0.25, -0.2) is 29.3 Å². The lowest BCUT2D eigenvalue weighted by atomic mass is 10.1. The first-order chi connectivity index (χ1) is 16.6. The maximum Gasteiger partial charge on any atom is 0.408 e. The summed E-state index contributed by atoms with van der Waals surface area (Å²) in [5, 5.41) is 15.8. The molecule has 3 aromatic rings. The molecular formula is C23H28N4O7S2. The quantitative estimate of drug-likeness (QED) is 0.406. The molecule has 0 aromatic carbocycles. The van der Waals surface area contributed by atoms with Crippen molar-refractivity contribution in [3.05, 3.63) is 27.2 Å². The maximum absolute atomic E-state index is 12.8. The van der Waals surface area contributed by atoms with Crippen LogP contribution < -0.4 is 5.32 Å². The molecule has 0 saturated carbocycles. The summed E-state index contributed by atoms with van der Waals surface area (Å²) in [5.41, 5.74) is -0.697. The summed E-state index contributed by atoms with van der Waals surface area (Å²) < 4.78 is 16.5. The third kappa shape index (κ3) is 7.34. The number of ether oxygens (including phenoxy) is 2. The fraction of sp³-hybridized carbons (Fsp3) is 0.478. The van der Waals surface area contributed by atoms with Crippen molar-refractivity contribution in [1.29, 1.82) is 0 Å². The van der Waals surface area contributed by atoms with Crippen LogP contribution in [-0.2, 0) is 20.7 Å². The second-order valence-electron chi connectivity index (χ2n) is 9.83. The summed E-state index contributed by atoms with van der Waals surface area (Å²) in [7, 11) is 0. The topological polar surface area (TPSA) is 154 Å². The van der Waals surface area contributed by atoms with Crippen LogP contribution >= 0.6 is 22.7 Å². The number of aromatic nitrogens is 3. The van der Waals surface area contributed by atoms with E-state index in [1.165, 1.54) is 16.7 Å². The Hall–Kier alpha value is -3.32. The van der Waals surface area contributed by atoms with Crippen molar-refractivity contribution in [2.45, 2.75) is 72.1 Å². The first-order valence-electron chi connectivity index (χ1n) is 10.9. The van der Waals surface area contributed by atoms with Crippen molar-refractivity contribution < 1.29 is 33.4 Å². The number of carboxylic acid groups (broad SMARTS) is 1. The largest absolute Gasteiger partial charge is 0.476 e. The minimum absolute atomic E-state index is 0.0689. The number of oxazole rings is 1. The summed E-state index contributed by atoms with van der Waals surface area (Å²) in [6.45, 7) is 12.1. The number of carbonyl (C=O) groups excluding carboxylic acids is 2. The van der Waals surface area contributed by atoms with Gasteiger partial charge in [-0.3, -0.25) is 0 Å². The second-order valence-corrected chi connectivity index (χ2v) is 11.6. The fourth-order valence-corrected chi connectivity index (χ4v) is 4.52. The number of nitrogens with one attached hydrogen (secondary N) is 1. The zero-order valence-corrected chi connectivity index (χ0v) is 22.6. The highest BCUT2D eigenvalue weighted by Gasteiger charge is 2.30. The molecule has 0 aliphatic carbocycles. The van der Waals surface area contributed by atoms with Crippen LogP contribution in [0.2, 0.25) is 0 Å². The smallest absolute Gasteiger partial charge is 0.408 e. The van der Waals surface area contributed by atoms with Gasteiger partial charge < -0.3 is 24.3 Å². The molecule has 3 aromatic heterocycles. The van der Waals surface area contributed by atoms with Crippen molar-refractivity contribution in [3.8, 4) is 22.3 Å². The first-order valence-corrected chi connectivity index (χ1v) is 12.7. The van der Waals surface area contributed by atoms with Gasteiger partial charge in [0, 0.05) is 17.2 Å². The number of aromatic carboxylic acids is 1. The van der Waals surface area contributed by atoms with Crippen molar-refractivity contribution in [2.24, 2.45) is 0 Å². The van der Waals surface area contributed by atoms with E-state index in [2.05, 4.69) is 20.3 Å². The Morgan fingerprint density at radius 2 is 1.69 bits per heavy atom. The number of alkyl carbamates (subject to hydrolysis) is 1. The number of aryl methyl sites for hydroxylation is 1. The maximum atomic E-state index is 12.8. The van der Waals surface area contributed by atoms with Crippen molar-refractivity contribution >= 4 is 40.7 Å². The molecule has 0 aliphatic rings. The number of carboxylic acids is 1. The fourth-order valence-electron chi connectivity index (χ4n) is 2.88. The Kier molecular flexibility index (Phi) is 7.84. The predicted molar refractivity (Wildman–Crippen MR) is 133 cm³/mol. The average molecular weight is 537 g/mol. The van der Waals surface area contributed by atoms with Gasteiger partial charge in [0.1, 0.15) is 39.4 Å². The Bertz CT molecular complexity index is 1260. The van der Waals surface area contributed by atoms with E-state index in [0.29, 0.717) is 27.2 Å². The SMILES string of the molecule is Cc1oc(-c2csc(CC(NC(=O)OC(C)(C)C)C(=O)OC(C)(C)C)n2)nc1-c1nc(C(=O)O)cs1. The van der Waals surface area contributed by atoms with E-state index in [-0.39, 0.29) is 18.0 Å². The van der Waals surface area contributed by atoms with Gasteiger partial charge in [0.25, 0.3) is 0 Å². The Balaban J connectivity index is 1.80. The van der Waals surface area contributed by atoms with Crippen LogP contribution in [-0.4, -0.2) is 55.3 Å². The van der Waals surface area contributed by atoms with Gasteiger partial charge in [0.05, 0.1) is 5.01 Å². The van der Waals surface area contributed by atoms with Gasteiger partial charge in [0.2, 0.25) is 5.89 Å². The monoisotopic (exact) mass is 536 g/mol. The van der Waals surface area contributed by atoms with Crippen molar-refractivity contribution in [3.63, 3.8) is 0 Å². The number of hydrogen-bond donors (Lipinski definition) is 2. The molecule has 0 bridgehead atoms. The molecule has 1 unspecified atom stereocenters. The first kappa shape index (κ1) is 27.3. The molecule has 36 heavy (non-hydrogen) atoms. The highest BCUT2D eigenvalue weighted by molar-refractivity contribution is 7.13. The van der Waals surface area contributed by atoms with Crippen LogP contribution in [0.3, 0.4) is 0 Å². The van der Waals surface area contributed by atoms with Gasteiger partial charge in [-0.15, -0.1) is 22.7 Å². The van der Waals surface area contributed by atoms with Gasteiger partial charge >= 0.3 is 18.0 Å². The Labute approximate surface area is 215 Å². The number of hydrogen-bond acceptors (Lipinski definition) is 11. The summed E-state index contributed by atoms with van der Waals surface area (Å²) in [6, 6.07) is -1.02.